The summed E-state index contributed by atoms with van der Waals surface area (Å²) in [5.41, 5.74) is 0.660. The Morgan fingerprint density at radius 1 is 1.00 bits per heavy atom. The topological polar surface area (TPSA) is 51.2 Å². The molecule has 0 aromatic carbocycles. The molecule has 1 unspecified atom stereocenters. The van der Waals surface area contributed by atoms with Gasteiger partial charge in [0.15, 0.2) is 5.78 Å². The lowest BCUT2D eigenvalue weighted by Crippen LogP contribution is -2.55. The first-order valence-corrected chi connectivity index (χ1v) is 8.66. The summed E-state index contributed by atoms with van der Waals surface area (Å²) in [7, 11) is 0. The highest BCUT2D eigenvalue weighted by molar-refractivity contribution is 5.96. The van der Waals surface area contributed by atoms with Gasteiger partial charge in [-0.25, -0.2) is 0 Å². The number of ketones is 3. The number of carbonyl (C=O) groups excluding carboxylic acids is 3. The molecule has 118 valence electrons. The van der Waals surface area contributed by atoms with Crippen molar-refractivity contribution < 1.29 is 14.4 Å². The van der Waals surface area contributed by atoms with Gasteiger partial charge in [0, 0.05) is 30.6 Å². The molecule has 3 heteroatoms. The van der Waals surface area contributed by atoms with Crippen LogP contribution in [0.4, 0.5) is 0 Å². The zero-order valence-corrected chi connectivity index (χ0v) is 13.5. The van der Waals surface area contributed by atoms with Crippen LogP contribution in [-0.4, -0.2) is 17.3 Å². The summed E-state index contributed by atoms with van der Waals surface area (Å²) in [5, 5.41) is 0. The van der Waals surface area contributed by atoms with Crippen molar-refractivity contribution in [3.63, 3.8) is 0 Å². The van der Waals surface area contributed by atoms with Gasteiger partial charge in [0.25, 0.3) is 0 Å². The van der Waals surface area contributed by atoms with Crippen LogP contribution < -0.4 is 0 Å². The van der Waals surface area contributed by atoms with E-state index in [2.05, 4.69) is 6.92 Å². The standard InChI is InChI=1S/C19H24O3/c1-18-8-7-12(20)9-11(18)3-4-13-14-5-6-16(22)19(14,2)10-15(21)17(13)18/h9,13-14,17H,3-8,10H2,1-2H3/t13-,14-,17?,18-,19-/m0/s1. The third kappa shape index (κ3) is 1.65. The Kier molecular flexibility index (Phi) is 2.87. The molecule has 0 bridgehead atoms. The monoisotopic (exact) mass is 300 g/mol. The van der Waals surface area contributed by atoms with Gasteiger partial charge in [-0.1, -0.05) is 19.4 Å². The minimum Gasteiger partial charge on any atom is -0.299 e. The third-order valence-electron chi connectivity index (χ3n) is 7.36. The number of hydrogen-bond acceptors (Lipinski definition) is 3. The number of fused-ring (bicyclic) bond motifs is 5. The summed E-state index contributed by atoms with van der Waals surface area (Å²) < 4.78 is 0. The smallest absolute Gasteiger partial charge is 0.155 e. The van der Waals surface area contributed by atoms with E-state index >= 15 is 0 Å². The Labute approximate surface area is 131 Å². The predicted molar refractivity (Wildman–Crippen MR) is 82.1 cm³/mol. The molecule has 4 aliphatic rings. The minimum absolute atomic E-state index is 0.0320. The lowest BCUT2D eigenvalue weighted by molar-refractivity contribution is -0.149. The summed E-state index contributed by atoms with van der Waals surface area (Å²) in [6, 6.07) is 0. The zero-order valence-electron chi connectivity index (χ0n) is 13.5. The van der Waals surface area contributed by atoms with Crippen molar-refractivity contribution in [1.82, 2.24) is 0 Å². The van der Waals surface area contributed by atoms with Crippen molar-refractivity contribution in [2.75, 3.05) is 0 Å². The summed E-state index contributed by atoms with van der Waals surface area (Å²) in [5.74, 6) is 1.54. The molecule has 0 amide bonds. The lowest BCUT2D eigenvalue weighted by Gasteiger charge is -2.55. The molecule has 0 radical (unpaired) electrons. The highest BCUT2D eigenvalue weighted by Crippen LogP contribution is 2.63. The van der Waals surface area contributed by atoms with Crippen LogP contribution in [0.25, 0.3) is 0 Å². The molecule has 0 N–H and O–H groups in total. The van der Waals surface area contributed by atoms with E-state index in [0.717, 1.165) is 25.7 Å². The normalized spacial score (nSPS) is 47.6. The van der Waals surface area contributed by atoms with E-state index in [1.807, 2.05) is 13.0 Å². The molecule has 4 rings (SSSR count). The summed E-state index contributed by atoms with van der Waals surface area (Å²) >= 11 is 0. The number of carbonyl (C=O) groups is 3. The molecular weight excluding hydrogens is 276 g/mol. The molecule has 4 aliphatic carbocycles. The van der Waals surface area contributed by atoms with Crippen molar-refractivity contribution in [3.8, 4) is 0 Å². The molecule has 0 aliphatic heterocycles. The van der Waals surface area contributed by atoms with Crippen molar-refractivity contribution in [1.29, 1.82) is 0 Å². The summed E-state index contributed by atoms with van der Waals surface area (Å²) in [6.07, 6.45) is 7.12. The Morgan fingerprint density at radius 2 is 1.77 bits per heavy atom. The van der Waals surface area contributed by atoms with E-state index in [1.165, 1.54) is 5.57 Å². The molecule has 3 fully saturated rings. The van der Waals surface area contributed by atoms with Crippen LogP contribution in [0.2, 0.25) is 0 Å². The van der Waals surface area contributed by atoms with Crippen LogP contribution in [0.1, 0.15) is 58.8 Å². The van der Waals surface area contributed by atoms with Gasteiger partial charge in [0.05, 0.1) is 0 Å². The Morgan fingerprint density at radius 3 is 2.55 bits per heavy atom. The molecular formula is C19H24O3. The lowest BCUT2D eigenvalue weighted by atomic mass is 9.47. The second kappa shape index (κ2) is 4.39. The predicted octanol–water partition coefficient (Wildman–Crippen LogP) is 3.27. The average molecular weight is 300 g/mol. The van der Waals surface area contributed by atoms with E-state index in [4.69, 9.17) is 0 Å². The first-order valence-electron chi connectivity index (χ1n) is 8.66. The molecule has 5 atom stereocenters. The van der Waals surface area contributed by atoms with Gasteiger partial charge in [0.1, 0.15) is 11.6 Å². The quantitative estimate of drug-likeness (QED) is 0.690. The fourth-order valence-corrected chi connectivity index (χ4v) is 6.16. The SMILES string of the molecule is C[C@]12CCC(=O)C=C1CC[C@@H]1C2C(=O)C[C@]2(C)C(=O)CC[C@@H]12. The van der Waals surface area contributed by atoms with Crippen LogP contribution >= 0.6 is 0 Å². The second-order valence-corrected chi connectivity index (χ2v) is 8.36. The molecule has 3 saturated carbocycles. The Balaban J connectivity index is 1.77. The summed E-state index contributed by atoms with van der Waals surface area (Å²) in [6.45, 7) is 4.22. The maximum absolute atomic E-state index is 13.0. The van der Waals surface area contributed by atoms with Gasteiger partial charge in [-0.05, 0) is 49.0 Å². The molecule has 0 aromatic heterocycles. The first-order chi connectivity index (χ1) is 10.4. The van der Waals surface area contributed by atoms with Crippen LogP contribution in [0, 0.1) is 28.6 Å². The van der Waals surface area contributed by atoms with Crippen LogP contribution in [0.15, 0.2) is 11.6 Å². The van der Waals surface area contributed by atoms with E-state index in [-0.39, 0.29) is 22.9 Å². The van der Waals surface area contributed by atoms with Gasteiger partial charge in [-0.2, -0.15) is 0 Å². The highest BCUT2D eigenvalue weighted by atomic mass is 16.1. The highest BCUT2D eigenvalue weighted by Gasteiger charge is 2.62. The van der Waals surface area contributed by atoms with Gasteiger partial charge >= 0.3 is 0 Å². The number of hydrogen-bond donors (Lipinski definition) is 0. The van der Waals surface area contributed by atoms with Gasteiger partial charge in [-0.15, -0.1) is 0 Å². The third-order valence-corrected chi connectivity index (χ3v) is 7.36. The number of allylic oxidation sites excluding steroid dienone is 1. The van der Waals surface area contributed by atoms with Gasteiger partial charge in [-0.3, -0.25) is 14.4 Å². The Hall–Kier alpha value is -1.25. The molecule has 0 spiro atoms. The molecule has 0 heterocycles. The zero-order chi connectivity index (χ0) is 15.7. The Bertz CT molecular complexity index is 616. The fourth-order valence-electron chi connectivity index (χ4n) is 6.16. The molecule has 0 aromatic rings. The van der Waals surface area contributed by atoms with Crippen molar-refractivity contribution in [2.24, 2.45) is 28.6 Å². The largest absolute Gasteiger partial charge is 0.299 e. The fraction of sp³-hybridized carbons (Fsp3) is 0.737. The van der Waals surface area contributed by atoms with Crippen LogP contribution in [0.3, 0.4) is 0 Å². The van der Waals surface area contributed by atoms with Gasteiger partial charge < -0.3 is 0 Å². The van der Waals surface area contributed by atoms with E-state index in [0.29, 0.717) is 36.9 Å². The minimum atomic E-state index is -0.402. The van der Waals surface area contributed by atoms with Crippen LogP contribution in [0.5, 0.6) is 0 Å². The van der Waals surface area contributed by atoms with Crippen molar-refractivity contribution in [2.45, 2.75) is 58.8 Å². The maximum Gasteiger partial charge on any atom is 0.155 e. The number of Topliss-reactive ketones (excluding diaryl/α,β-unsaturated/α-hetero) is 2. The number of rotatable bonds is 0. The first kappa shape index (κ1) is 14.3. The van der Waals surface area contributed by atoms with Crippen molar-refractivity contribution in [3.05, 3.63) is 11.6 Å². The van der Waals surface area contributed by atoms with E-state index in [1.54, 1.807) is 0 Å². The molecule has 3 nitrogen and oxygen atoms in total. The molecule has 22 heavy (non-hydrogen) atoms. The van der Waals surface area contributed by atoms with Gasteiger partial charge in [0.2, 0.25) is 0 Å². The molecule has 0 saturated heterocycles. The second-order valence-electron chi connectivity index (χ2n) is 8.36. The maximum atomic E-state index is 13.0. The van der Waals surface area contributed by atoms with Crippen LogP contribution in [-0.2, 0) is 14.4 Å². The van der Waals surface area contributed by atoms with E-state index in [9.17, 15) is 14.4 Å². The van der Waals surface area contributed by atoms with Crippen molar-refractivity contribution >= 4 is 17.3 Å². The summed E-state index contributed by atoms with van der Waals surface area (Å²) in [4.78, 5) is 37.1. The van der Waals surface area contributed by atoms with E-state index < -0.39 is 5.41 Å². The average Bonchev–Trinajstić information content (AvgIpc) is 2.75.